The maximum atomic E-state index is 12.2. The predicted octanol–water partition coefficient (Wildman–Crippen LogP) is 2.37. The second kappa shape index (κ2) is 9.99. The van der Waals surface area contributed by atoms with Crippen molar-refractivity contribution in [2.45, 2.75) is 26.8 Å². The normalized spacial score (nSPS) is 19.4. The minimum Gasteiger partial charge on any atom is -0.336 e. The molecule has 20 heavy (non-hydrogen) atoms. The fraction of sp³-hybridized carbons (Fsp3) is 0.500. The summed E-state index contributed by atoms with van der Waals surface area (Å²) in [5.74, 6) is -0.0200. The molecule has 110 valence electrons. The Kier molecular flexibility index (Phi) is 9.06. The van der Waals surface area contributed by atoms with E-state index in [4.69, 9.17) is 5.26 Å². The summed E-state index contributed by atoms with van der Waals surface area (Å²) in [6.07, 6.45) is 4.81. The summed E-state index contributed by atoms with van der Waals surface area (Å²) in [6.45, 7) is 15.7. The molecule has 0 spiro atoms. The number of piperazine rings is 1. The Bertz CT molecular complexity index is 406. The molecular formula is C16H25N3O. The maximum Gasteiger partial charge on any atom is 0.253 e. The Morgan fingerprint density at radius 2 is 2.05 bits per heavy atom. The Hall–Kier alpha value is -1.86. The van der Waals surface area contributed by atoms with E-state index in [2.05, 4.69) is 24.1 Å². The van der Waals surface area contributed by atoms with Crippen LogP contribution in [0.4, 0.5) is 0 Å². The van der Waals surface area contributed by atoms with Gasteiger partial charge in [0, 0.05) is 31.2 Å². The monoisotopic (exact) mass is 275 g/mol. The molecule has 0 aliphatic carbocycles. The van der Waals surface area contributed by atoms with Crippen LogP contribution < -0.4 is 0 Å². The van der Waals surface area contributed by atoms with Gasteiger partial charge in [0.2, 0.25) is 0 Å². The maximum absolute atomic E-state index is 12.2. The van der Waals surface area contributed by atoms with Crippen LogP contribution in [0.1, 0.15) is 20.8 Å². The van der Waals surface area contributed by atoms with Gasteiger partial charge in [0.15, 0.2) is 0 Å². The van der Waals surface area contributed by atoms with E-state index in [0.717, 1.165) is 6.54 Å². The van der Waals surface area contributed by atoms with Crippen LogP contribution >= 0.6 is 0 Å². The van der Waals surface area contributed by atoms with Crippen LogP contribution in [0.5, 0.6) is 0 Å². The molecule has 0 saturated carbocycles. The van der Waals surface area contributed by atoms with E-state index in [1.54, 1.807) is 23.1 Å². The highest BCUT2D eigenvalue weighted by Crippen LogP contribution is 2.12. The third-order valence-corrected chi connectivity index (χ3v) is 3.09. The van der Waals surface area contributed by atoms with Gasteiger partial charge in [-0.1, -0.05) is 45.2 Å². The molecule has 0 aromatic carbocycles. The van der Waals surface area contributed by atoms with Crippen LogP contribution in [-0.4, -0.2) is 47.9 Å². The summed E-state index contributed by atoms with van der Waals surface area (Å²) in [4.78, 5) is 16.1. The van der Waals surface area contributed by atoms with Crippen LogP contribution in [0.25, 0.3) is 0 Å². The molecular weight excluding hydrogens is 250 g/mol. The molecule has 0 aromatic heterocycles. The Balaban J connectivity index is 0.00000172. The zero-order chi connectivity index (χ0) is 15.5. The lowest BCUT2D eigenvalue weighted by Crippen LogP contribution is -2.53. The van der Waals surface area contributed by atoms with Crippen molar-refractivity contribution in [1.29, 1.82) is 5.26 Å². The molecule has 1 aliphatic heterocycles. The van der Waals surface area contributed by atoms with Gasteiger partial charge in [-0.05, 0) is 6.92 Å². The molecule has 0 radical (unpaired) electrons. The van der Waals surface area contributed by atoms with E-state index in [1.165, 1.54) is 0 Å². The van der Waals surface area contributed by atoms with Gasteiger partial charge in [0.05, 0.1) is 12.6 Å². The SMILES string of the molecule is C=C/C=C(\C=C)C(=O)N1CCN(CC#N)C(C)C1.CC. The quantitative estimate of drug-likeness (QED) is 0.449. The van der Waals surface area contributed by atoms with Crippen LogP contribution in [0, 0.1) is 11.3 Å². The van der Waals surface area contributed by atoms with Crippen molar-refractivity contribution in [2.75, 3.05) is 26.2 Å². The number of nitriles is 1. The number of allylic oxidation sites excluding steroid dienone is 2. The Morgan fingerprint density at radius 1 is 1.40 bits per heavy atom. The molecule has 1 unspecified atom stereocenters. The van der Waals surface area contributed by atoms with Gasteiger partial charge in [-0.25, -0.2) is 0 Å². The van der Waals surface area contributed by atoms with Gasteiger partial charge in [-0.3, -0.25) is 9.69 Å². The second-order valence-corrected chi connectivity index (χ2v) is 4.29. The molecule has 1 atom stereocenters. The van der Waals surface area contributed by atoms with E-state index in [-0.39, 0.29) is 11.9 Å². The number of carbonyl (C=O) groups is 1. The molecule has 1 amide bonds. The number of hydrogen-bond acceptors (Lipinski definition) is 3. The number of amides is 1. The number of carbonyl (C=O) groups excluding carboxylic acids is 1. The fourth-order valence-electron chi connectivity index (χ4n) is 2.04. The van der Waals surface area contributed by atoms with E-state index in [9.17, 15) is 4.79 Å². The molecule has 4 nitrogen and oxygen atoms in total. The van der Waals surface area contributed by atoms with Gasteiger partial charge in [0.25, 0.3) is 5.91 Å². The van der Waals surface area contributed by atoms with Crippen molar-refractivity contribution in [3.8, 4) is 6.07 Å². The zero-order valence-electron chi connectivity index (χ0n) is 12.8. The van der Waals surface area contributed by atoms with Crippen molar-refractivity contribution < 1.29 is 4.79 Å². The smallest absolute Gasteiger partial charge is 0.253 e. The topological polar surface area (TPSA) is 47.3 Å². The number of rotatable bonds is 4. The van der Waals surface area contributed by atoms with Crippen LogP contribution in [0.3, 0.4) is 0 Å². The van der Waals surface area contributed by atoms with Crippen molar-refractivity contribution >= 4 is 5.91 Å². The molecule has 1 fully saturated rings. The van der Waals surface area contributed by atoms with Gasteiger partial charge in [-0.15, -0.1) is 0 Å². The minimum atomic E-state index is -0.0200. The molecule has 4 heteroatoms. The molecule has 1 heterocycles. The highest BCUT2D eigenvalue weighted by molar-refractivity contribution is 5.96. The summed E-state index contributed by atoms with van der Waals surface area (Å²) >= 11 is 0. The average molecular weight is 275 g/mol. The van der Waals surface area contributed by atoms with E-state index in [0.29, 0.717) is 25.2 Å². The summed E-state index contributed by atoms with van der Waals surface area (Å²) < 4.78 is 0. The van der Waals surface area contributed by atoms with Crippen LogP contribution in [0.15, 0.2) is 37.0 Å². The molecule has 1 aliphatic rings. The van der Waals surface area contributed by atoms with E-state index in [1.807, 2.05) is 20.8 Å². The van der Waals surface area contributed by atoms with Gasteiger partial charge < -0.3 is 4.90 Å². The van der Waals surface area contributed by atoms with Crippen LogP contribution in [-0.2, 0) is 4.79 Å². The first-order valence-corrected chi connectivity index (χ1v) is 6.99. The number of hydrogen-bond donors (Lipinski definition) is 0. The fourth-order valence-corrected chi connectivity index (χ4v) is 2.04. The van der Waals surface area contributed by atoms with Crippen LogP contribution in [0.2, 0.25) is 0 Å². The molecule has 0 aromatic rings. The largest absolute Gasteiger partial charge is 0.336 e. The lowest BCUT2D eigenvalue weighted by atomic mass is 10.1. The highest BCUT2D eigenvalue weighted by Gasteiger charge is 2.26. The Morgan fingerprint density at radius 3 is 2.50 bits per heavy atom. The minimum absolute atomic E-state index is 0.0200. The summed E-state index contributed by atoms with van der Waals surface area (Å²) in [5.41, 5.74) is 0.561. The molecule has 1 saturated heterocycles. The van der Waals surface area contributed by atoms with E-state index < -0.39 is 0 Å². The second-order valence-electron chi connectivity index (χ2n) is 4.29. The van der Waals surface area contributed by atoms with Gasteiger partial charge in [0.1, 0.15) is 0 Å². The van der Waals surface area contributed by atoms with Crippen molar-refractivity contribution in [1.82, 2.24) is 9.80 Å². The van der Waals surface area contributed by atoms with Crippen molar-refractivity contribution in [3.05, 3.63) is 37.0 Å². The van der Waals surface area contributed by atoms with Gasteiger partial charge in [-0.2, -0.15) is 5.26 Å². The van der Waals surface area contributed by atoms with Crippen molar-refractivity contribution in [2.24, 2.45) is 0 Å². The summed E-state index contributed by atoms with van der Waals surface area (Å²) in [6, 6.07) is 2.35. The first kappa shape index (κ1) is 18.1. The first-order chi connectivity index (χ1) is 9.63. The third-order valence-electron chi connectivity index (χ3n) is 3.09. The van der Waals surface area contributed by atoms with Crippen molar-refractivity contribution in [3.63, 3.8) is 0 Å². The molecule has 0 N–H and O–H groups in total. The Labute approximate surface area is 122 Å². The number of nitrogens with zero attached hydrogens (tertiary/aromatic N) is 3. The lowest BCUT2D eigenvalue weighted by molar-refractivity contribution is -0.129. The lowest BCUT2D eigenvalue weighted by Gasteiger charge is -2.38. The highest BCUT2D eigenvalue weighted by atomic mass is 16.2. The van der Waals surface area contributed by atoms with E-state index >= 15 is 0 Å². The third kappa shape index (κ3) is 5.02. The average Bonchev–Trinajstić information content (AvgIpc) is 2.48. The zero-order valence-corrected chi connectivity index (χ0v) is 12.8. The first-order valence-electron chi connectivity index (χ1n) is 6.99. The standard InChI is InChI=1S/C14H19N3O.C2H6/c1-4-6-13(5-2)14(18)17-10-9-16(8-7-15)12(3)11-17;1-2/h4-6,12H,1-2,8-11H2,3H3;1-2H3/b13-6+;. The van der Waals surface area contributed by atoms with Gasteiger partial charge >= 0.3 is 0 Å². The molecule has 0 bridgehead atoms. The summed E-state index contributed by atoms with van der Waals surface area (Å²) in [7, 11) is 0. The summed E-state index contributed by atoms with van der Waals surface area (Å²) in [5, 5.41) is 8.70. The predicted molar refractivity (Wildman–Crippen MR) is 83.1 cm³/mol. The molecule has 1 rings (SSSR count).